The van der Waals surface area contributed by atoms with Gasteiger partial charge in [-0.25, -0.2) is 9.98 Å². The molecule has 0 fully saturated rings. The number of rotatable bonds is 7. The number of ether oxygens (including phenoxy) is 3. The molecule has 7 heteroatoms. The lowest BCUT2D eigenvalue weighted by Gasteiger charge is -2.24. The molecule has 0 unspecified atom stereocenters. The Balaban J connectivity index is 1.49. The normalized spacial score (nSPS) is 14.8. The number of carbonyl (C=O) groups is 1. The van der Waals surface area contributed by atoms with Gasteiger partial charge < -0.3 is 19.2 Å². The van der Waals surface area contributed by atoms with Gasteiger partial charge in [-0.15, -0.1) is 0 Å². The Morgan fingerprint density at radius 1 is 0.492 bits per heavy atom. The summed E-state index contributed by atoms with van der Waals surface area (Å²) in [4.78, 5) is 28.4. The molecular formula is C58H53N3O4. The third-order valence-electron chi connectivity index (χ3n) is 12.1. The highest BCUT2D eigenvalue weighted by molar-refractivity contribution is 6.31. The highest BCUT2D eigenvalue weighted by Crippen LogP contribution is 2.51. The molecule has 0 atom stereocenters. The average Bonchev–Trinajstić information content (AvgIpc) is 4.09. The molecule has 5 aromatic carbocycles. The van der Waals surface area contributed by atoms with E-state index in [1.54, 1.807) is 14.2 Å². The van der Waals surface area contributed by atoms with E-state index in [0.717, 1.165) is 55.5 Å². The number of benzene rings is 5. The van der Waals surface area contributed by atoms with E-state index in [0.29, 0.717) is 45.2 Å². The van der Waals surface area contributed by atoms with E-state index in [1.165, 1.54) is 18.1 Å². The molecule has 9 rings (SSSR count). The van der Waals surface area contributed by atoms with Crippen LogP contribution in [-0.4, -0.2) is 36.6 Å². The van der Waals surface area contributed by atoms with Crippen LogP contribution in [0.5, 0.6) is 17.2 Å². The van der Waals surface area contributed by atoms with Gasteiger partial charge >= 0.3 is 5.97 Å². The number of nitrogens with zero attached hydrogens (tertiary/aromatic N) is 2. The van der Waals surface area contributed by atoms with Gasteiger partial charge in [-0.1, -0.05) is 151 Å². The van der Waals surface area contributed by atoms with E-state index in [-0.39, 0.29) is 16.6 Å². The molecule has 0 saturated heterocycles. The van der Waals surface area contributed by atoms with E-state index in [1.807, 2.05) is 78.9 Å². The van der Waals surface area contributed by atoms with E-state index in [9.17, 15) is 4.79 Å². The number of aliphatic imine (C=N–C) groups is 2. The molecule has 6 aromatic rings. The highest BCUT2D eigenvalue weighted by Gasteiger charge is 2.33. The van der Waals surface area contributed by atoms with Gasteiger partial charge in [0, 0.05) is 46.0 Å². The first-order chi connectivity index (χ1) is 31.2. The Kier molecular flexibility index (Phi) is 11.1. The largest absolute Gasteiger partial charge is 0.496 e. The predicted octanol–water partition coefficient (Wildman–Crippen LogP) is 11.2. The third-order valence-corrected chi connectivity index (χ3v) is 12.1. The van der Waals surface area contributed by atoms with Crippen molar-refractivity contribution < 1.29 is 19.0 Å². The standard InChI is InChI=1S/C58H53N3O4/c1-35(62)65-56-54-48(63-8)34-49(64-9)55(56)53(37-18-14-11-15-19-37)47-33-31-45(61-47)51(39-22-26-41(27-23-39)58(5,6)7)43-29-28-42(59-43)50(38-20-24-40(25-21-38)57(2,3)4)44-30-32-46(60-44)52(54)36-16-12-10-13-17-36/h10-34,59H,1-9H3. The number of aromatic nitrogens is 1. The Hall–Kier alpha value is -7.51. The number of carbonyl (C=O) groups excluding carboxylic acids is 1. The van der Waals surface area contributed by atoms with E-state index in [4.69, 9.17) is 24.2 Å². The molecule has 1 N–H and O–H groups in total. The Morgan fingerprint density at radius 3 is 1.23 bits per heavy atom. The Labute approximate surface area is 381 Å². The second-order valence-corrected chi connectivity index (χ2v) is 18.6. The molecule has 3 aliphatic rings. The van der Waals surface area contributed by atoms with Crippen LogP contribution in [-0.2, 0) is 15.6 Å². The van der Waals surface area contributed by atoms with Crippen LogP contribution in [0.15, 0.2) is 173 Å². The van der Waals surface area contributed by atoms with E-state index in [2.05, 4.69) is 119 Å². The topological polar surface area (TPSA) is 85.3 Å². The molecule has 65 heavy (non-hydrogen) atoms. The first-order valence-electron chi connectivity index (χ1n) is 22.0. The summed E-state index contributed by atoms with van der Waals surface area (Å²) < 4.78 is 19.0. The van der Waals surface area contributed by atoms with Crippen molar-refractivity contribution in [1.82, 2.24) is 4.98 Å². The van der Waals surface area contributed by atoms with Crippen LogP contribution in [0.2, 0.25) is 0 Å². The summed E-state index contributed by atoms with van der Waals surface area (Å²) in [6, 6.07) is 43.8. The number of methoxy groups -OCH3 is 2. The molecule has 324 valence electrons. The number of aromatic amines is 1. The predicted molar refractivity (Wildman–Crippen MR) is 264 cm³/mol. The van der Waals surface area contributed by atoms with Gasteiger partial charge in [0.1, 0.15) is 11.5 Å². The molecule has 1 aromatic heterocycles. The van der Waals surface area contributed by atoms with Gasteiger partial charge in [0.15, 0.2) is 5.75 Å². The summed E-state index contributed by atoms with van der Waals surface area (Å²) in [5, 5.41) is 1.80. The van der Waals surface area contributed by atoms with Crippen LogP contribution < -0.4 is 24.9 Å². The molecular weight excluding hydrogens is 803 g/mol. The molecule has 0 spiro atoms. The number of nitrogens with one attached hydrogen (secondary N) is 1. The van der Waals surface area contributed by atoms with Crippen LogP contribution in [0.25, 0.3) is 22.3 Å². The van der Waals surface area contributed by atoms with Crippen molar-refractivity contribution in [2.24, 2.45) is 9.98 Å². The Bertz CT molecular complexity index is 2980. The van der Waals surface area contributed by atoms with E-state index < -0.39 is 5.97 Å². The molecule has 0 aliphatic carbocycles. The summed E-state index contributed by atoms with van der Waals surface area (Å²) in [6.45, 7) is 14.8. The molecule has 7 nitrogen and oxygen atoms in total. The van der Waals surface area contributed by atoms with Crippen LogP contribution in [0, 0.1) is 0 Å². The summed E-state index contributed by atoms with van der Waals surface area (Å²) in [7, 11) is 3.23. The molecule has 0 saturated carbocycles. The molecule has 4 heterocycles. The maximum Gasteiger partial charge on any atom is 0.308 e. The first-order valence-corrected chi connectivity index (χ1v) is 22.0. The minimum Gasteiger partial charge on any atom is -0.496 e. The summed E-state index contributed by atoms with van der Waals surface area (Å²) in [5.74, 6) is 0.652. The lowest BCUT2D eigenvalue weighted by atomic mass is 9.86. The average molecular weight is 856 g/mol. The number of fused-ring (bicyclic) bond motifs is 6. The molecule has 0 radical (unpaired) electrons. The quantitative estimate of drug-likeness (QED) is 0.128. The van der Waals surface area contributed by atoms with Gasteiger partial charge in [-0.2, -0.15) is 0 Å². The second kappa shape index (κ2) is 16.9. The van der Waals surface area contributed by atoms with Crippen molar-refractivity contribution >= 4 is 39.7 Å². The monoisotopic (exact) mass is 855 g/mol. The molecule has 0 amide bonds. The van der Waals surface area contributed by atoms with Crippen molar-refractivity contribution in [2.75, 3.05) is 14.2 Å². The van der Waals surface area contributed by atoms with Gasteiger partial charge in [0.2, 0.25) is 0 Å². The Morgan fingerprint density at radius 2 is 0.877 bits per heavy atom. The lowest BCUT2D eigenvalue weighted by molar-refractivity contribution is -0.131. The van der Waals surface area contributed by atoms with Crippen molar-refractivity contribution in [1.29, 1.82) is 0 Å². The number of allylic oxidation sites excluding steroid dienone is 4. The van der Waals surface area contributed by atoms with Crippen molar-refractivity contribution in [3.63, 3.8) is 0 Å². The third kappa shape index (κ3) is 8.15. The zero-order valence-corrected chi connectivity index (χ0v) is 38.5. The molecule has 3 aliphatic heterocycles. The SMILES string of the molecule is COc1cc(OC)c2c(OC(C)=O)c1C(c1ccccc1)=C1C=CC(=N1)C(c1ccc(C(C)(C)C)cc1)=c1ccc([nH]1)=C(c1ccc(C(C)(C)C)cc1)C1=NC(=C2c2ccccc2)C=C1. The van der Waals surface area contributed by atoms with Gasteiger partial charge in [-0.3, -0.25) is 4.79 Å². The van der Waals surface area contributed by atoms with Gasteiger partial charge in [0.05, 0.1) is 48.2 Å². The van der Waals surface area contributed by atoms with Gasteiger partial charge in [0.25, 0.3) is 0 Å². The lowest BCUT2D eigenvalue weighted by Crippen LogP contribution is -2.21. The minimum absolute atomic E-state index is 0.0277. The number of hydrogen-bond donors (Lipinski definition) is 1. The van der Waals surface area contributed by atoms with Crippen LogP contribution in [0.3, 0.4) is 0 Å². The maximum absolute atomic E-state index is 13.5. The first kappa shape index (κ1) is 42.8. The summed E-state index contributed by atoms with van der Waals surface area (Å²) in [5.41, 5.74) is 13.4. The zero-order chi connectivity index (χ0) is 45.6. The fraction of sp³-hybridized carbons (Fsp3) is 0.190. The van der Waals surface area contributed by atoms with Crippen molar-refractivity contribution in [2.45, 2.75) is 59.3 Å². The number of H-pyrrole nitrogens is 1. The summed E-state index contributed by atoms with van der Waals surface area (Å²) in [6.07, 6.45) is 8.19. The van der Waals surface area contributed by atoms with Crippen LogP contribution in [0.4, 0.5) is 0 Å². The second-order valence-electron chi connectivity index (χ2n) is 18.6. The minimum atomic E-state index is -0.505. The fourth-order valence-electron chi connectivity index (χ4n) is 8.83. The maximum atomic E-state index is 13.5. The fourth-order valence-corrected chi connectivity index (χ4v) is 8.83. The zero-order valence-electron chi connectivity index (χ0n) is 38.5. The van der Waals surface area contributed by atoms with E-state index >= 15 is 0 Å². The smallest absolute Gasteiger partial charge is 0.308 e. The number of esters is 1. The molecule has 8 bridgehead atoms. The number of hydrogen-bond acceptors (Lipinski definition) is 6. The summed E-state index contributed by atoms with van der Waals surface area (Å²) >= 11 is 0. The van der Waals surface area contributed by atoms with Gasteiger partial charge in [-0.05, 0) is 80.6 Å². The van der Waals surface area contributed by atoms with Crippen LogP contribution in [0.1, 0.15) is 93.0 Å². The van der Waals surface area contributed by atoms with Crippen molar-refractivity contribution in [3.8, 4) is 17.2 Å². The van der Waals surface area contributed by atoms with Crippen LogP contribution >= 0.6 is 0 Å². The van der Waals surface area contributed by atoms with Crippen molar-refractivity contribution in [3.05, 3.63) is 218 Å². The highest BCUT2D eigenvalue weighted by atomic mass is 16.5.